The summed E-state index contributed by atoms with van der Waals surface area (Å²) in [6.45, 7) is 6.70. The molecule has 4 aromatic rings. The molecule has 40 heavy (non-hydrogen) atoms. The van der Waals surface area contributed by atoms with Crippen molar-refractivity contribution in [1.82, 2.24) is 4.98 Å². The number of carbonyl (C=O) groups excluding carboxylic acids is 2. The fourth-order valence-corrected chi connectivity index (χ4v) is 6.36. The molecule has 6 rings (SSSR count). The first-order valence-electron chi connectivity index (χ1n) is 13.5. The van der Waals surface area contributed by atoms with Crippen LogP contribution in [-0.4, -0.2) is 34.5 Å². The number of fused-ring (bicyclic) bond motifs is 2. The van der Waals surface area contributed by atoms with Crippen LogP contribution in [0.2, 0.25) is 0 Å². The van der Waals surface area contributed by atoms with E-state index in [0.29, 0.717) is 35.0 Å². The van der Waals surface area contributed by atoms with Gasteiger partial charge in [0, 0.05) is 12.0 Å². The Morgan fingerprint density at radius 3 is 2.70 bits per heavy atom. The van der Waals surface area contributed by atoms with Crippen LogP contribution in [0.15, 0.2) is 66.2 Å². The average Bonchev–Trinajstić information content (AvgIpc) is 3.60. The van der Waals surface area contributed by atoms with Gasteiger partial charge >= 0.3 is 5.91 Å². The number of carbonyl (C=O) groups is 2. The summed E-state index contributed by atoms with van der Waals surface area (Å²) < 4.78 is 12.6. The number of Topliss-reactive ketones (excluding diaryl/α,β-unsaturated/α-hetero) is 1. The monoisotopic (exact) mass is 554 g/mol. The number of amides is 1. The van der Waals surface area contributed by atoms with Gasteiger partial charge in [-0.3, -0.25) is 14.5 Å². The van der Waals surface area contributed by atoms with Crippen LogP contribution in [-0.2, 0) is 16.0 Å². The minimum absolute atomic E-state index is 0.0343. The largest absolute Gasteiger partial charge is 0.507 e. The maximum atomic E-state index is 13.6. The van der Waals surface area contributed by atoms with Crippen molar-refractivity contribution in [2.24, 2.45) is 0 Å². The average molecular weight is 555 g/mol. The Kier molecular flexibility index (Phi) is 6.80. The number of benzene rings is 3. The van der Waals surface area contributed by atoms with Gasteiger partial charge in [0.05, 0.1) is 28.4 Å². The minimum atomic E-state index is -0.852. The standard InChI is InChI=1S/C32H30N2O5S/c1-4-5-14-38-23-10-7-20(8-11-23)28-27(29(35)21-9-13-25-22(17-21)16-19(3)39-25)30(36)31(37)34(28)32-33-24-12-6-18(2)15-26(24)40-32/h6-13,15,17,19,28,35H,4-5,14,16H2,1-3H3/t19-,28+/m0/s1. The highest BCUT2D eigenvalue weighted by molar-refractivity contribution is 7.22. The predicted molar refractivity (Wildman–Crippen MR) is 156 cm³/mol. The Hall–Kier alpha value is -4.17. The number of nitrogens with zero attached hydrogens (tertiary/aromatic N) is 2. The molecule has 1 aromatic heterocycles. The molecule has 0 spiro atoms. The third-order valence-corrected chi connectivity index (χ3v) is 8.33. The molecule has 2 atom stereocenters. The fourth-order valence-electron chi connectivity index (χ4n) is 5.27. The normalized spacial score (nSPS) is 19.7. The lowest BCUT2D eigenvalue weighted by Crippen LogP contribution is -2.29. The van der Waals surface area contributed by atoms with Crippen molar-refractivity contribution in [3.05, 3.63) is 88.5 Å². The molecule has 0 unspecified atom stereocenters. The van der Waals surface area contributed by atoms with E-state index >= 15 is 0 Å². The Labute approximate surface area is 236 Å². The summed E-state index contributed by atoms with van der Waals surface area (Å²) >= 11 is 1.35. The van der Waals surface area contributed by atoms with Crippen LogP contribution in [0.5, 0.6) is 11.5 Å². The fraction of sp³-hybridized carbons (Fsp3) is 0.281. The lowest BCUT2D eigenvalue weighted by molar-refractivity contribution is -0.132. The van der Waals surface area contributed by atoms with E-state index in [0.717, 1.165) is 39.9 Å². The molecule has 8 heteroatoms. The molecule has 0 saturated carbocycles. The SMILES string of the molecule is CCCCOc1ccc([C@@H]2C(=C(O)c3ccc4c(c3)C[C@H](C)O4)C(=O)C(=O)N2c2nc3ccc(C)cc3s2)cc1. The highest BCUT2D eigenvalue weighted by atomic mass is 32.1. The molecule has 0 aliphatic carbocycles. The Balaban J connectivity index is 1.47. The number of aromatic nitrogens is 1. The van der Waals surface area contributed by atoms with Gasteiger partial charge in [0.2, 0.25) is 0 Å². The Morgan fingerprint density at radius 1 is 1.12 bits per heavy atom. The molecule has 3 aromatic carbocycles. The molecule has 0 radical (unpaired) electrons. The van der Waals surface area contributed by atoms with E-state index < -0.39 is 17.7 Å². The number of ether oxygens (including phenoxy) is 2. The quantitative estimate of drug-likeness (QED) is 0.118. The number of thiazole rings is 1. The topological polar surface area (TPSA) is 89.0 Å². The van der Waals surface area contributed by atoms with Crippen molar-refractivity contribution < 1.29 is 24.2 Å². The van der Waals surface area contributed by atoms with Gasteiger partial charge in [0.25, 0.3) is 5.78 Å². The lowest BCUT2D eigenvalue weighted by Gasteiger charge is -2.23. The second-order valence-corrected chi connectivity index (χ2v) is 11.4. The summed E-state index contributed by atoms with van der Waals surface area (Å²) in [6.07, 6.45) is 2.73. The molecular weight excluding hydrogens is 524 g/mol. The van der Waals surface area contributed by atoms with Gasteiger partial charge in [-0.1, -0.05) is 42.9 Å². The zero-order chi connectivity index (χ0) is 28.0. The van der Waals surface area contributed by atoms with E-state index in [1.807, 2.05) is 62.4 Å². The lowest BCUT2D eigenvalue weighted by atomic mass is 9.94. The first-order chi connectivity index (χ1) is 19.3. The predicted octanol–water partition coefficient (Wildman–Crippen LogP) is 6.73. The molecule has 204 valence electrons. The number of aliphatic hydroxyl groups excluding tert-OH is 1. The molecule has 1 amide bonds. The van der Waals surface area contributed by atoms with Crippen LogP contribution in [0.4, 0.5) is 5.13 Å². The second kappa shape index (κ2) is 10.4. The van der Waals surface area contributed by atoms with Crippen LogP contribution < -0.4 is 14.4 Å². The van der Waals surface area contributed by atoms with Gasteiger partial charge in [-0.05, 0) is 79.4 Å². The summed E-state index contributed by atoms with van der Waals surface area (Å²) in [4.78, 5) is 33.3. The Bertz CT molecular complexity index is 1660. The van der Waals surface area contributed by atoms with E-state index in [4.69, 9.17) is 14.5 Å². The van der Waals surface area contributed by atoms with Crippen LogP contribution in [0, 0.1) is 6.92 Å². The summed E-state index contributed by atoms with van der Waals surface area (Å²) in [5, 5.41) is 12.0. The number of aliphatic hydroxyl groups is 1. The summed E-state index contributed by atoms with van der Waals surface area (Å²) in [5.74, 6) is -0.203. The van der Waals surface area contributed by atoms with Gasteiger partial charge in [0.1, 0.15) is 23.4 Å². The molecule has 3 heterocycles. The number of aryl methyl sites for hydroxylation is 1. The zero-order valence-electron chi connectivity index (χ0n) is 22.6. The van der Waals surface area contributed by atoms with Gasteiger partial charge in [-0.2, -0.15) is 0 Å². The first kappa shape index (κ1) is 26.1. The molecule has 1 N–H and O–H groups in total. The van der Waals surface area contributed by atoms with E-state index in [9.17, 15) is 14.7 Å². The van der Waals surface area contributed by atoms with E-state index in [1.54, 1.807) is 12.1 Å². The van der Waals surface area contributed by atoms with Crippen molar-refractivity contribution in [3.63, 3.8) is 0 Å². The van der Waals surface area contributed by atoms with Crippen molar-refractivity contribution >= 4 is 44.1 Å². The maximum Gasteiger partial charge on any atom is 0.301 e. The third-order valence-electron chi connectivity index (χ3n) is 7.32. The number of hydrogen-bond donors (Lipinski definition) is 1. The molecule has 1 fully saturated rings. The van der Waals surface area contributed by atoms with Crippen molar-refractivity contribution in [3.8, 4) is 11.5 Å². The highest BCUT2D eigenvalue weighted by Crippen LogP contribution is 2.45. The molecule has 2 aliphatic rings. The van der Waals surface area contributed by atoms with Crippen molar-refractivity contribution in [2.75, 3.05) is 11.5 Å². The van der Waals surface area contributed by atoms with Crippen LogP contribution in [0.1, 0.15) is 55.0 Å². The van der Waals surface area contributed by atoms with Crippen LogP contribution in [0.3, 0.4) is 0 Å². The molecule has 1 saturated heterocycles. The summed E-state index contributed by atoms with van der Waals surface area (Å²) in [5.41, 5.74) is 3.97. The Morgan fingerprint density at radius 2 is 1.93 bits per heavy atom. The highest BCUT2D eigenvalue weighted by Gasteiger charge is 2.48. The van der Waals surface area contributed by atoms with E-state index in [1.165, 1.54) is 16.2 Å². The van der Waals surface area contributed by atoms with Gasteiger partial charge < -0.3 is 14.6 Å². The second-order valence-electron chi connectivity index (χ2n) is 10.4. The van der Waals surface area contributed by atoms with Crippen LogP contribution >= 0.6 is 11.3 Å². The smallest absolute Gasteiger partial charge is 0.301 e. The number of anilines is 1. The van der Waals surface area contributed by atoms with Crippen molar-refractivity contribution in [1.29, 1.82) is 0 Å². The maximum absolute atomic E-state index is 13.6. The van der Waals surface area contributed by atoms with E-state index in [-0.39, 0.29) is 17.4 Å². The molecule has 0 bridgehead atoms. The zero-order valence-corrected chi connectivity index (χ0v) is 23.5. The van der Waals surface area contributed by atoms with Gasteiger partial charge in [-0.25, -0.2) is 4.98 Å². The number of ketones is 1. The van der Waals surface area contributed by atoms with Crippen molar-refractivity contribution in [2.45, 2.75) is 52.2 Å². The summed E-state index contributed by atoms with van der Waals surface area (Å²) in [6, 6.07) is 17.7. The van der Waals surface area contributed by atoms with E-state index in [2.05, 4.69) is 6.92 Å². The minimum Gasteiger partial charge on any atom is -0.507 e. The van der Waals surface area contributed by atoms with Gasteiger partial charge in [0.15, 0.2) is 5.13 Å². The van der Waals surface area contributed by atoms with Crippen LogP contribution in [0.25, 0.3) is 16.0 Å². The number of hydrogen-bond acceptors (Lipinski definition) is 7. The number of rotatable bonds is 7. The molecular formula is C32H30N2O5S. The summed E-state index contributed by atoms with van der Waals surface area (Å²) in [7, 11) is 0. The molecule has 7 nitrogen and oxygen atoms in total. The van der Waals surface area contributed by atoms with Gasteiger partial charge in [-0.15, -0.1) is 0 Å². The first-order valence-corrected chi connectivity index (χ1v) is 14.4. The number of unbranched alkanes of at least 4 members (excludes halogenated alkanes) is 1. The third kappa shape index (κ3) is 4.62. The molecule has 2 aliphatic heterocycles.